The average Bonchev–Trinajstić information content (AvgIpc) is 3.21. The van der Waals surface area contributed by atoms with E-state index in [-0.39, 0.29) is 23.9 Å². The fraction of sp³-hybridized carbons (Fsp3) is 0.167. The standard InChI is InChI=1S/C30H29N3O4S/c1-21-11-17-26(18-12-21)38(36,37)33(24-15-13-23(14-16-24)31-22(2)34)20-25(35)19-32-29-9-5-3-7-27(29)28-8-4-6-10-30(28)32/h3-18,25,35H,19-20H2,1-2H3,(H,31,34)/t25-/m0/s1. The van der Waals surface area contributed by atoms with Crippen molar-refractivity contribution in [1.82, 2.24) is 4.57 Å². The number of fused-ring (bicyclic) bond motifs is 3. The summed E-state index contributed by atoms with van der Waals surface area (Å²) in [7, 11) is -3.99. The number of para-hydroxylation sites is 2. The highest BCUT2D eigenvalue weighted by molar-refractivity contribution is 7.92. The first-order chi connectivity index (χ1) is 18.2. The lowest BCUT2D eigenvalue weighted by Gasteiger charge is -2.27. The number of anilines is 2. The average molecular weight is 528 g/mol. The molecule has 0 saturated carbocycles. The van der Waals surface area contributed by atoms with Crippen LogP contribution < -0.4 is 9.62 Å². The molecule has 5 aromatic rings. The first-order valence-electron chi connectivity index (χ1n) is 12.3. The number of rotatable bonds is 8. The zero-order chi connectivity index (χ0) is 26.9. The van der Waals surface area contributed by atoms with Crippen LogP contribution in [0.4, 0.5) is 11.4 Å². The van der Waals surface area contributed by atoms with Gasteiger partial charge in [-0.15, -0.1) is 0 Å². The Morgan fingerprint density at radius 1 is 0.868 bits per heavy atom. The Morgan fingerprint density at radius 3 is 1.97 bits per heavy atom. The maximum Gasteiger partial charge on any atom is 0.264 e. The fourth-order valence-electron chi connectivity index (χ4n) is 4.75. The van der Waals surface area contributed by atoms with Crippen molar-refractivity contribution in [3.05, 3.63) is 103 Å². The molecular weight excluding hydrogens is 498 g/mol. The SMILES string of the molecule is CC(=O)Nc1ccc(N(C[C@@H](O)Cn2c3ccccc3c3ccccc32)S(=O)(=O)c2ccc(C)cc2)cc1. The van der Waals surface area contributed by atoms with E-state index in [0.29, 0.717) is 11.4 Å². The van der Waals surface area contributed by atoms with Crippen LogP contribution >= 0.6 is 0 Å². The predicted octanol–water partition coefficient (Wildman–Crippen LogP) is 5.32. The van der Waals surface area contributed by atoms with Gasteiger partial charge in [0.2, 0.25) is 5.91 Å². The minimum absolute atomic E-state index is 0.137. The summed E-state index contributed by atoms with van der Waals surface area (Å²) in [6.07, 6.45) is -1.01. The maximum absolute atomic E-state index is 13.8. The van der Waals surface area contributed by atoms with Gasteiger partial charge in [0, 0.05) is 34.4 Å². The molecule has 1 amide bonds. The lowest BCUT2D eigenvalue weighted by molar-refractivity contribution is -0.114. The van der Waals surface area contributed by atoms with Gasteiger partial charge in [0.25, 0.3) is 10.0 Å². The smallest absolute Gasteiger partial charge is 0.264 e. The molecule has 0 unspecified atom stereocenters. The molecule has 0 radical (unpaired) electrons. The monoisotopic (exact) mass is 527 g/mol. The Bertz CT molecular complexity index is 1660. The van der Waals surface area contributed by atoms with Crippen LogP contribution in [0.1, 0.15) is 12.5 Å². The molecule has 0 spiro atoms. The number of aryl methyl sites for hydroxylation is 1. The molecule has 5 rings (SSSR count). The van der Waals surface area contributed by atoms with Gasteiger partial charge in [-0.05, 0) is 55.5 Å². The Kier molecular flexibility index (Phi) is 6.93. The molecule has 4 aromatic carbocycles. The Labute approximate surface area is 222 Å². The van der Waals surface area contributed by atoms with Crippen LogP contribution in [0.3, 0.4) is 0 Å². The van der Waals surface area contributed by atoms with Gasteiger partial charge in [-0.3, -0.25) is 9.10 Å². The first-order valence-corrected chi connectivity index (χ1v) is 13.8. The quantitative estimate of drug-likeness (QED) is 0.286. The Hall–Kier alpha value is -4.14. The number of aromatic nitrogens is 1. The van der Waals surface area contributed by atoms with Gasteiger partial charge in [0.05, 0.1) is 29.8 Å². The minimum Gasteiger partial charge on any atom is -0.389 e. The summed E-state index contributed by atoms with van der Waals surface area (Å²) in [5.41, 5.74) is 3.84. The molecule has 1 atom stereocenters. The normalized spacial score (nSPS) is 12.5. The number of aliphatic hydroxyl groups excluding tert-OH is 1. The van der Waals surface area contributed by atoms with Gasteiger partial charge in [-0.1, -0.05) is 54.1 Å². The predicted molar refractivity (Wildman–Crippen MR) is 152 cm³/mol. The zero-order valence-corrected chi connectivity index (χ0v) is 22.0. The van der Waals surface area contributed by atoms with Crippen molar-refractivity contribution in [3.8, 4) is 0 Å². The molecule has 2 N–H and O–H groups in total. The van der Waals surface area contributed by atoms with Gasteiger partial charge in [0.1, 0.15) is 0 Å². The largest absolute Gasteiger partial charge is 0.389 e. The molecule has 0 aliphatic heterocycles. The second kappa shape index (κ2) is 10.3. The third kappa shape index (κ3) is 5.01. The van der Waals surface area contributed by atoms with Gasteiger partial charge < -0.3 is 15.0 Å². The molecule has 0 aliphatic carbocycles. The van der Waals surface area contributed by atoms with Gasteiger partial charge in [-0.25, -0.2) is 8.42 Å². The molecule has 194 valence electrons. The first kappa shape index (κ1) is 25.5. The number of nitrogens with zero attached hydrogens (tertiary/aromatic N) is 2. The van der Waals surface area contributed by atoms with Crippen molar-refractivity contribution in [1.29, 1.82) is 0 Å². The van der Waals surface area contributed by atoms with E-state index in [2.05, 4.69) is 5.32 Å². The van der Waals surface area contributed by atoms with Crippen LogP contribution in [0.5, 0.6) is 0 Å². The van der Waals surface area contributed by atoms with Crippen LogP contribution in [0.15, 0.2) is 102 Å². The van der Waals surface area contributed by atoms with Crippen molar-refractivity contribution < 1.29 is 18.3 Å². The highest BCUT2D eigenvalue weighted by Gasteiger charge is 2.28. The molecule has 38 heavy (non-hydrogen) atoms. The van der Waals surface area contributed by atoms with Crippen LogP contribution in [-0.4, -0.2) is 36.6 Å². The second-order valence-corrected chi connectivity index (χ2v) is 11.2. The molecule has 8 heteroatoms. The molecule has 0 saturated heterocycles. The van der Waals surface area contributed by atoms with Gasteiger partial charge in [0.15, 0.2) is 0 Å². The molecule has 1 heterocycles. The summed E-state index contributed by atoms with van der Waals surface area (Å²) in [5, 5.41) is 16.2. The van der Waals surface area contributed by atoms with Crippen LogP contribution in [0.2, 0.25) is 0 Å². The highest BCUT2D eigenvalue weighted by atomic mass is 32.2. The Balaban J connectivity index is 1.51. The summed E-state index contributed by atoms with van der Waals surface area (Å²) in [6, 6.07) is 29.2. The number of aliphatic hydroxyl groups is 1. The maximum atomic E-state index is 13.8. The Morgan fingerprint density at radius 2 is 1.42 bits per heavy atom. The van der Waals surface area contributed by atoms with E-state index in [9.17, 15) is 18.3 Å². The summed E-state index contributed by atoms with van der Waals surface area (Å²) in [4.78, 5) is 11.6. The van der Waals surface area contributed by atoms with Gasteiger partial charge >= 0.3 is 0 Å². The molecule has 7 nitrogen and oxygen atoms in total. The topological polar surface area (TPSA) is 91.6 Å². The molecule has 0 bridgehead atoms. The van der Waals surface area contributed by atoms with Crippen LogP contribution in [0.25, 0.3) is 21.8 Å². The third-order valence-electron chi connectivity index (χ3n) is 6.53. The van der Waals surface area contributed by atoms with E-state index < -0.39 is 16.1 Å². The van der Waals surface area contributed by atoms with Crippen molar-refractivity contribution in [2.45, 2.75) is 31.4 Å². The number of carbonyl (C=O) groups is 1. The van der Waals surface area contributed by atoms with Crippen LogP contribution in [-0.2, 0) is 21.4 Å². The number of benzene rings is 4. The van der Waals surface area contributed by atoms with E-state index in [1.54, 1.807) is 48.5 Å². The number of hydrogen-bond acceptors (Lipinski definition) is 4. The number of amides is 1. The molecular formula is C30H29N3O4S. The zero-order valence-electron chi connectivity index (χ0n) is 21.2. The lowest BCUT2D eigenvalue weighted by atomic mass is 10.2. The van der Waals surface area contributed by atoms with Crippen molar-refractivity contribution in [2.75, 3.05) is 16.2 Å². The van der Waals surface area contributed by atoms with E-state index in [4.69, 9.17) is 0 Å². The summed E-state index contributed by atoms with van der Waals surface area (Å²) in [6.45, 7) is 3.35. The number of sulfonamides is 1. The number of carbonyl (C=O) groups excluding carboxylic acids is 1. The van der Waals surface area contributed by atoms with Gasteiger partial charge in [-0.2, -0.15) is 0 Å². The van der Waals surface area contributed by atoms with E-state index in [1.165, 1.54) is 11.2 Å². The summed E-state index contributed by atoms with van der Waals surface area (Å²) in [5.74, 6) is -0.219. The number of hydrogen-bond donors (Lipinski definition) is 2. The van der Waals surface area contributed by atoms with Crippen molar-refractivity contribution >= 4 is 49.1 Å². The summed E-state index contributed by atoms with van der Waals surface area (Å²) >= 11 is 0. The summed E-state index contributed by atoms with van der Waals surface area (Å²) < 4.78 is 30.9. The van der Waals surface area contributed by atoms with E-state index >= 15 is 0 Å². The second-order valence-electron chi connectivity index (χ2n) is 9.38. The molecule has 0 aliphatic rings. The van der Waals surface area contributed by atoms with E-state index in [1.807, 2.05) is 60.0 Å². The molecule has 0 fully saturated rings. The lowest BCUT2D eigenvalue weighted by Crippen LogP contribution is -2.39. The number of nitrogens with one attached hydrogen (secondary N) is 1. The minimum atomic E-state index is -3.99. The van der Waals surface area contributed by atoms with E-state index in [0.717, 1.165) is 27.4 Å². The fourth-order valence-corrected chi connectivity index (χ4v) is 6.26. The van der Waals surface area contributed by atoms with Crippen molar-refractivity contribution in [2.24, 2.45) is 0 Å². The third-order valence-corrected chi connectivity index (χ3v) is 8.34. The van der Waals surface area contributed by atoms with Crippen LogP contribution in [0, 0.1) is 6.92 Å². The highest BCUT2D eigenvalue weighted by Crippen LogP contribution is 2.30. The molecule has 1 aromatic heterocycles. The van der Waals surface area contributed by atoms with Crippen molar-refractivity contribution in [3.63, 3.8) is 0 Å².